The molecule has 3 unspecified atom stereocenters. The van der Waals surface area contributed by atoms with Gasteiger partial charge < -0.3 is 9.79 Å². The van der Waals surface area contributed by atoms with Gasteiger partial charge in [-0.1, -0.05) is 27.7 Å². The van der Waals surface area contributed by atoms with Gasteiger partial charge in [-0.15, -0.1) is 0 Å². The van der Waals surface area contributed by atoms with Crippen LogP contribution in [0.4, 0.5) is 0 Å². The minimum absolute atomic E-state index is 0.0892. The summed E-state index contributed by atoms with van der Waals surface area (Å²) in [4.78, 5) is 18.9. The molecule has 1 saturated carbocycles. The molecule has 0 aromatic heterocycles. The fourth-order valence-corrected chi connectivity index (χ4v) is 3.83. The van der Waals surface area contributed by atoms with E-state index in [0.717, 1.165) is 12.8 Å². The Kier molecular flexibility index (Phi) is 3.66. The number of hydrogen-bond acceptors (Lipinski definition) is 1. The van der Waals surface area contributed by atoms with Crippen molar-refractivity contribution in [3.8, 4) is 0 Å². The molecule has 2 N–H and O–H groups in total. The van der Waals surface area contributed by atoms with E-state index in [-0.39, 0.29) is 11.3 Å². The topological polar surface area (TPSA) is 57.5 Å². The third kappa shape index (κ3) is 2.52. The highest BCUT2D eigenvalue weighted by molar-refractivity contribution is 7.53. The van der Waals surface area contributed by atoms with E-state index < -0.39 is 12.8 Å². The lowest BCUT2D eigenvalue weighted by molar-refractivity contribution is 0.112. The molecule has 0 aromatic rings. The van der Waals surface area contributed by atoms with Crippen molar-refractivity contribution in [1.82, 2.24) is 0 Å². The first-order chi connectivity index (χ1) is 6.98. The van der Waals surface area contributed by atoms with Crippen LogP contribution in [0.25, 0.3) is 0 Å². The Morgan fingerprint density at radius 3 is 2.12 bits per heavy atom. The molecule has 0 spiro atoms. The van der Waals surface area contributed by atoms with Gasteiger partial charge in [-0.25, -0.2) is 0 Å². The van der Waals surface area contributed by atoms with Crippen molar-refractivity contribution in [2.24, 2.45) is 17.3 Å². The van der Waals surface area contributed by atoms with Gasteiger partial charge in [-0.05, 0) is 43.4 Å². The van der Waals surface area contributed by atoms with E-state index in [0.29, 0.717) is 12.3 Å². The van der Waals surface area contributed by atoms with Crippen LogP contribution in [0.2, 0.25) is 0 Å². The van der Waals surface area contributed by atoms with Crippen LogP contribution in [0.5, 0.6) is 0 Å². The van der Waals surface area contributed by atoms with Gasteiger partial charge in [0, 0.05) is 0 Å². The van der Waals surface area contributed by atoms with Crippen LogP contribution in [0.15, 0.2) is 0 Å². The molecular formula is C12H25O3P. The van der Waals surface area contributed by atoms with Crippen LogP contribution >= 0.6 is 7.60 Å². The van der Waals surface area contributed by atoms with Gasteiger partial charge in [0.25, 0.3) is 0 Å². The highest BCUT2D eigenvalue weighted by atomic mass is 31.2. The van der Waals surface area contributed by atoms with Crippen molar-refractivity contribution in [2.75, 3.05) is 0 Å². The SMILES string of the molecule is CC1CC(C(C)(C)C)CCC1(C)P(=O)(O)O. The van der Waals surface area contributed by atoms with Crippen molar-refractivity contribution >= 4 is 7.60 Å². The summed E-state index contributed by atoms with van der Waals surface area (Å²) >= 11 is 0. The molecule has 0 heterocycles. The second-order valence-corrected chi connectivity index (χ2v) is 8.75. The van der Waals surface area contributed by atoms with E-state index in [1.165, 1.54) is 0 Å². The van der Waals surface area contributed by atoms with Crippen LogP contribution in [-0.2, 0) is 4.57 Å². The predicted octanol–water partition coefficient (Wildman–Crippen LogP) is 3.41. The highest BCUT2D eigenvalue weighted by Gasteiger charge is 2.50. The molecular weight excluding hydrogens is 223 g/mol. The maximum atomic E-state index is 11.6. The predicted molar refractivity (Wildman–Crippen MR) is 66.4 cm³/mol. The summed E-state index contributed by atoms with van der Waals surface area (Å²) in [7, 11) is -3.99. The first-order valence-corrected chi connectivity index (χ1v) is 7.65. The molecule has 96 valence electrons. The van der Waals surface area contributed by atoms with Gasteiger partial charge in [0.2, 0.25) is 0 Å². The van der Waals surface area contributed by atoms with E-state index >= 15 is 0 Å². The maximum Gasteiger partial charge on any atom is 0.331 e. The normalized spacial score (nSPS) is 37.4. The zero-order chi connectivity index (χ0) is 12.8. The van der Waals surface area contributed by atoms with E-state index in [2.05, 4.69) is 20.8 Å². The number of hydrogen-bond donors (Lipinski definition) is 2. The smallest absolute Gasteiger partial charge is 0.324 e. The van der Waals surface area contributed by atoms with Gasteiger partial charge in [-0.3, -0.25) is 4.57 Å². The average molecular weight is 248 g/mol. The second-order valence-electron chi connectivity index (χ2n) is 6.64. The zero-order valence-electron chi connectivity index (χ0n) is 11.0. The first kappa shape index (κ1) is 14.2. The van der Waals surface area contributed by atoms with Crippen LogP contribution in [-0.4, -0.2) is 14.9 Å². The van der Waals surface area contributed by atoms with Crippen molar-refractivity contribution in [3.05, 3.63) is 0 Å². The van der Waals surface area contributed by atoms with Crippen LogP contribution in [0.1, 0.15) is 53.9 Å². The van der Waals surface area contributed by atoms with Crippen molar-refractivity contribution in [3.63, 3.8) is 0 Å². The van der Waals surface area contributed by atoms with Crippen molar-refractivity contribution < 1.29 is 14.4 Å². The largest absolute Gasteiger partial charge is 0.331 e. The molecule has 0 bridgehead atoms. The number of rotatable bonds is 1. The van der Waals surface area contributed by atoms with Gasteiger partial charge >= 0.3 is 7.60 Å². The molecule has 3 nitrogen and oxygen atoms in total. The van der Waals surface area contributed by atoms with Crippen LogP contribution in [0.3, 0.4) is 0 Å². The summed E-state index contributed by atoms with van der Waals surface area (Å²) in [6, 6.07) is 0. The molecule has 1 aliphatic rings. The monoisotopic (exact) mass is 248 g/mol. The molecule has 1 aliphatic carbocycles. The molecule has 1 fully saturated rings. The van der Waals surface area contributed by atoms with Crippen LogP contribution in [0, 0.1) is 17.3 Å². The Bertz CT molecular complexity index is 302. The summed E-state index contributed by atoms with van der Waals surface area (Å²) in [5, 5.41) is -0.811. The third-order valence-corrected chi connectivity index (χ3v) is 6.58. The Balaban J connectivity index is 2.85. The molecule has 1 rings (SSSR count). The lowest BCUT2D eigenvalue weighted by atomic mass is 9.66. The molecule has 0 radical (unpaired) electrons. The van der Waals surface area contributed by atoms with Crippen molar-refractivity contribution in [1.29, 1.82) is 0 Å². The molecule has 0 aliphatic heterocycles. The second kappa shape index (κ2) is 4.12. The summed E-state index contributed by atoms with van der Waals surface area (Å²) < 4.78 is 11.6. The van der Waals surface area contributed by atoms with Gasteiger partial charge in [-0.2, -0.15) is 0 Å². The molecule has 0 saturated heterocycles. The Labute approximate surface area is 98.8 Å². The summed E-state index contributed by atoms with van der Waals surface area (Å²) in [6.07, 6.45) is 2.49. The van der Waals surface area contributed by atoms with Crippen molar-refractivity contribution in [2.45, 2.75) is 59.0 Å². The van der Waals surface area contributed by atoms with E-state index in [9.17, 15) is 14.4 Å². The quantitative estimate of drug-likeness (QED) is 0.699. The fourth-order valence-electron chi connectivity index (χ4n) is 2.73. The van der Waals surface area contributed by atoms with E-state index in [1.807, 2.05) is 6.92 Å². The van der Waals surface area contributed by atoms with Gasteiger partial charge in [0.05, 0.1) is 5.16 Å². The van der Waals surface area contributed by atoms with Gasteiger partial charge in [0.1, 0.15) is 0 Å². The standard InChI is InChI=1S/C12H25O3P/c1-9-8-10(11(2,3)4)6-7-12(9,5)16(13,14)15/h9-10H,6-8H2,1-5H3,(H2,13,14,15). The summed E-state index contributed by atoms with van der Waals surface area (Å²) in [5.41, 5.74) is 0.241. The Hall–Kier alpha value is 0.150. The lowest BCUT2D eigenvalue weighted by Crippen LogP contribution is -2.41. The molecule has 16 heavy (non-hydrogen) atoms. The van der Waals surface area contributed by atoms with E-state index in [4.69, 9.17) is 0 Å². The average Bonchev–Trinajstić information content (AvgIpc) is 2.05. The zero-order valence-corrected chi connectivity index (χ0v) is 11.9. The van der Waals surface area contributed by atoms with E-state index in [1.54, 1.807) is 6.92 Å². The lowest BCUT2D eigenvalue weighted by Gasteiger charge is -2.46. The fraction of sp³-hybridized carbons (Fsp3) is 1.00. The van der Waals surface area contributed by atoms with Gasteiger partial charge in [0.15, 0.2) is 0 Å². The van der Waals surface area contributed by atoms with Crippen LogP contribution < -0.4 is 0 Å². The minimum Gasteiger partial charge on any atom is -0.324 e. The molecule has 0 aromatic carbocycles. The Morgan fingerprint density at radius 2 is 1.81 bits per heavy atom. The summed E-state index contributed by atoms with van der Waals surface area (Å²) in [5.74, 6) is 0.661. The first-order valence-electron chi connectivity index (χ1n) is 6.04. The minimum atomic E-state index is -3.99. The molecule has 0 amide bonds. The molecule has 4 heteroatoms. The molecule has 3 atom stereocenters. The summed E-state index contributed by atoms with van der Waals surface area (Å²) in [6.45, 7) is 10.4. The highest BCUT2D eigenvalue weighted by Crippen LogP contribution is 2.61. The third-order valence-electron chi connectivity index (χ3n) is 4.59. The Morgan fingerprint density at radius 1 is 1.31 bits per heavy atom. The maximum absolute atomic E-state index is 11.6.